The normalized spacial score (nSPS) is 14.9. The van der Waals surface area contributed by atoms with Crippen LogP contribution in [-0.2, 0) is 0 Å². The van der Waals surface area contributed by atoms with E-state index in [0.717, 1.165) is 12.8 Å². The Morgan fingerprint density at radius 2 is 2.09 bits per heavy atom. The van der Waals surface area contributed by atoms with Gasteiger partial charge in [-0.3, -0.25) is 0 Å². The van der Waals surface area contributed by atoms with Gasteiger partial charge < -0.3 is 4.74 Å². The molecule has 1 N–H and O–H groups in total. The standard InChI is InChI=1S/C15H11F3N4O/c16-15(17,18)23-12-6-10(4-3-9-1-2-9)5-11(7-12)14-13(8-19)20-22-21-14/h3-7,9H,1-2H2,(H,20,21,22)/b4-3+. The van der Waals surface area contributed by atoms with E-state index in [2.05, 4.69) is 20.1 Å². The molecule has 0 aliphatic heterocycles. The van der Waals surface area contributed by atoms with E-state index in [1.807, 2.05) is 12.1 Å². The lowest BCUT2D eigenvalue weighted by Gasteiger charge is -2.11. The number of rotatable bonds is 4. The van der Waals surface area contributed by atoms with E-state index >= 15 is 0 Å². The summed E-state index contributed by atoms with van der Waals surface area (Å²) in [7, 11) is 0. The third-order valence-corrected chi connectivity index (χ3v) is 3.28. The summed E-state index contributed by atoms with van der Waals surface area (Å²) in [4.78, 5) is 0. The average molecular weight is 320 g/mol. The van der Waals surface area contributed by atoms with Crippen molar-refractivity contribution in [3.05, 3.63) is 35.5 Å². The summed E-state index contributed by atoms with van der Waals surface area (Å²) in [5.74, 6) is 0.115. The van der Waals surface area contributed by atoms with Crippen LogP contribution in [0.25, 0.3) is 17.3 Å². The summed E-state index contributed by atoms with van der Waals surface area (Å²) >= 11 is 0. The van der Waals surface area contributed by atoms with Gasteiger partial charge in [0, 0.05) is 5.56 Å². The number of ether oxygens (including phenoxy) is 1. The summed E-state index contributed by atoms with van der Waals surface area (Å²) in [5, 5.41) is 18.7. The molecule has 5 nitrogen and oxygen atoms in total. The van der Waals surface area contributed by atoms with Crippen molar-refractivity contribution in [1.82, 2.24) is 15.4 Å². The van der Waals surface area contributed by atoms with Gasteiger partial charge in [0.1, 0.15) is 17.5 Å². The number of allylic oxidation sites excluding steroid dienone is 1. The van der Waals surface area contributed by atoms with E-state index in [0.29, 0.717) is 17.0 Å². The molecule has 0 saturated heterocycles. The fraction of sp³-hybridized carbons (Fsp3) is 0.267. The van der Waals surface area contributed by atoms with Crippen molar-refractivity contribution in [2.75, 3.05) is 0 Å². The van der Waals surface area contributed by atoms with Gasteiger partial charge in [-0.15, -0.1) is 18.3 Å². The number of alkyl halides is 3. The van der Waals surface area contributed by atoms with E-state index < -0.39 is 6.36 Å². The molecule has 3 rings (SSSR count). The van der Waals surface area contributed by atoms with Crippen LogP contribution in [0.5, 0.6) is 5.75 Å². The molecule has 8 heteroatoms. The summed E-state index contributed by atoms with van der Waals surface area (Å²) < 4.78 is 41.5. The van der Waals surface area contributed by atoms with Crippen molar-refractivity contribution in [2.24, 2.45) is 5.92 Å². The minimum atomic E-state index is -4.79. The minimum absolute atomic E-state index is 0.0753. The Kier molecular flexibility index (Phi) is 3.78. The number of nitriles is 1. The number of aromatic amines is 1. The van der Waals surface area contributed by atoms with Gasteiger partial charge in [0.05, 0.1) is 0 Å². The van der Waals surface area contributed by atoms with Crippen molar-refractivity contribution in [2.45, 2.75) is 19.2 Å². The number of hydrogen-bond acceptors (Lipinski definition) is 4. The Bertz CT molecular complexity index is 785. The topological polar surface area (TPSA) is 74.6 Å². The SMILES string of the molecule is N#Cc1[nH]nnc1-c1cc(/C=C/C2CC2)cc(OC(F)(F)F)c1. The predicted molar refractivity (Wildman–Crippen MR) is 75.0 cm³/mol. The summed E-state index contributed by atoms with van der Waals surface area (Å²) in [6, 6.07) is 5.97. The molecule has 1 aromatic heterocycles. The van der Waals surface area contributed by atoms with Crippen LogP contribution in [0.15, 0.2) is 24.3 Å². The maximum Gasteiger partial charge on any atom is 0.573 e. The van der Waals surface area contributed by atoms with Gasteiger partial charge in [-0.05, 0) is 42.5 Å². The quantitative estimate of drug-likeness (QED) is 0.933. The molecule has 118 valence electrons. The first-order valence-electron chi connectivity index (χ1n) is 6.85. The van der Waals surface area contributed by atoms with Crippen molar-refractivity contribution in [3.8, 4) is 23.1 Å². The molecular weight excluding hydrogens is 309 g/mol. The van der Waals surface area contributed by atoms with Crippen molar-refractivity contribution < 1.29 is 17.9 Å². The van der Waals surface area contributed by atoms with E-state index in [4.69, 9.17) is 5.26 Å². The Labute approximate surface area is 129 Å². The average Bonchev–Trinajstić information content (AvgIpc) is 3.18. The largest absolute Gasteiger partial charge is 0.573 e. The number of hydrogen-bond donors (Lipinski definition) is 1. The third-order valence-electron chi connectivity index (χ3n) is 3.28. The lowest BCUT2D eigenvalue weighted by atomic mass is 10.1. The van der Waals surface area contributed by atoms with Gasteiger partial charge >= 0.3 is 6.36 Å². The fourth-order valence-corrected chi connectivity index (χ4v) is 2.09. The molecule has 1 aliphatic rings. The molecule has 0 radical (unpaired) electrons. The fourth-order valence-electron chi connectivity index (χ4n) is 2.09. The van der Waals surface area contributed by atoms with Crippen molar-refractivity contribution in [3.63, 3.8) is 0 Å². The highest BCUT2D eigenvalue weighted by Crippen LogP contribution is 2.33. The second-order valence-electron chi connectivity index (χ2n) is 5.18. The lowest BCUT2D eigenvalue weighted by molar-refractivity contribution is -0.274. The molecule has 0 unspecified atom stereocenters. The van der Waals surface area contributed by atoms with Crippen LogP contribution in [0.3, 0.4) is 0 Å². The summed E-state index contributed by atoms with van der Waals surface area (Å²) in [6.45, 7) is 0. The van der Waals surface area contributed by atoms with Crippen LogP contribution in [0.4, 0.5) is 13.2 Å². The molecule has 2 aromatic rings. The number of halogens is 3. The highest BCUT2D eigenvalue weighted by molar-refractivity contribution is 5.70. The van der Waals surface area contributed by atoms with E-state index in [-0.39, 0.29) is 17.1 Å². The van der Waals surface area contributed by atoms with E-state index in [9.17, 15) is 13.2 Å². The summed E-state index contributed by atoms with van der Waals surface area (Å²) in [5.41, 5.74) is 1.13. The first kappa shape index (κ1) is 15.1. The molecule has 1 fully saturated rings. The zero-order valence-electron chi connectivity index (χ0n) is 11.8. The Morgan fingerprint density at radius 1 is 1.30 bits per heavy atom. The highest BCUT2D eigenvalue weighted by atomic mass is 19.4. The smallest absolute Gasteiger partial charge is 0.406 e. The predicted octanol–water partition coefficient (Wildman–Crippen LogP) is 3.67. The highest BCUT2D eigenvalue weighted by Gasteiger charge is 2.31. The molecule has 0 amide bonds. The number of H-pyrrole nitrogens is 1. The second-order valence-corrected chi connectivity index (χ2v) is 5.18. The van der Waals surface area contributed by atoms with Crippen LogP contribution in [-0.4, -0.2) is 21.8 Å². The number of nitrogens with one attached hydrogen (secondary N) is 1. The summed E-state index contributed by atoms with van der Waals surface area (Å²) in [6.07, 6.45) is 1.08. The third kappa shape index (κ3) is 3.88. The second kappa shape index (κ2) is 5.76. The molecule has 0 spiro atoms. The monoisotopic (exact) mass is 320 g/mol. The Morgan fingerprint density at radius 3 is 2.74 bits per heavy atom. The van der Waals surface area contributed by atoms with Gasteiger partial charge in [0.15, 0.2) is 5.69 Å². The van der Waals surface area contributed by atoms with Gasteiger partial charge in [-0.25, -0.2) is 5.10 Å². The lowest BCUT2D eigenvalue weighted by Crippen LogP contribution is -2.17. The van der Waals surface area contributed by atoms with Gasteiger partial charge in [0.25, 0.3) is 0 Å². The Hall–Kier alpha value is -2.82. The van der Waals surface area contributed by atoms with Crippen molar-refractivity contribution in [1.29, 1.82) is 5.26 Å². The molecule has 1 saturated carbocycles. The minimum Gasteiger partial charge on any atom is -0.406 e. The molecule has 0 atom stereocenters. The van der Waals surface area contributed by atoms with E-state index in [1.165, 1.54) is 12.1 Å². The van der Waals surface area contributed by atoms with Gasteiger partial charge in [-0.2, -0.15) is 5.26 Å². The van der Waals surface area contributed by atoms with Crippen LogP contribution < -0.4 is 4.74 Å². The maximum absolute atomic E-state index is 12.5. The Balaban J connectivity index is 2.01. The number of nitrogens with zero attached hydrogens (tertiary/aromatic N) is 3. The van der Waals surface area contributed by atoms with Crippen LogP contribution in [0.1, 0.15) is 24.1 Å². The van der Waals surface area contributed by atoms with Crippen LogP contribution in [0.2, 0.25) is 0 Å². The molecule has 1 heterocycles. The van der Waals surface area contributed by atoms with Gasteiger partial charge in [0.2, 0.25) is 0 Å². The number of aromatic nitrogens is 3. The molecule has 1 aliphatic carbocycles. The number of benzene rings is 1. The molecule has 0 bridgehead atoms. The molecule has 1 aromatic carbocycles. The molecule has 23 heavy (non-hydrogen) atoms. The van der Waals surface area contributed by atoms with Crippen LogP contribution in [0, 0.1) is 17.2 Å². The first-order valence-corrected chi connectivity index (χ1v) is 6.85. The zero-order chi connectivity index (χ0) is 16.4. The molecular formula is C15H11F3N4O. The van der Waals surface area contributed by atoms with Crippen LogP contribution >= 0.6 is 0 Å². The maximum atomic E-state index is 12.5. The van der Waals surface area contributed by atoms with E-state index in [1.54, 1.807) is 12.1 Å². The zero-order valence-corrected chi connectivity index (χ0v) is 11.8. The van der Waals surface area contributed by atoms with Crippen molar-refractivity contribution >= 4 is 6.08 Å². The first-order chi connectivity index (χ1) is 10.9. The van der Waals surface area contributed by atoms with Gasteiger partial charge in [-0.1, -0.05) is 17.4 Å².